The molecule has 1 atom stereocenters. The molecule has 0 aromatic rings. The highest BCUT2D eigenvalue weighted by atomic mass is 16.6. The Morgan fingerprint density at radius 3 is 2.88 bits per heavy atom. The van der Waals surface area contributed by atoms with Crippen LogP contribution in [-0.4, -0.2) is 36.2 Å². The van der Waals surface area contributed by atoms with Gasteiger partial charge in [-0.25, -0.2) is 0 Å². The van der Waals surface area contributed by atoms with Gasteiger partial charge in [0.2, 0.25) is 5.76 Å². The predicted octanol–water partition coefficient (Wildman–Crippen LogP) is 0.244. The molecule has 0 aliphatic carbocycles. The molecule has 0 spiro atoms. The number of nitrogens with one attached hydrogen (secondary N) is 1. The summed E-state index contributed by atoms with van der Waals surface area (Å²) in [6, 6.07) is -0.213. The average molecular weight is 229 g/mol. The van der Waals surface area contributed by atoms with E-state index < -0.39 is 5.97 Å². The summed E-state index contributed by atoms with van der Waals surface area (Å²) in [4.78, 5) is 21.8. The second-order valence-corrected chi connectivity index (χ2v) is 3.51. The minimum absolute atomic E-state index is 0.0256. The molecule has 1 aliphatic heterocycles. The first-order valence-corrected chi connectivity index (χ1v) is 5.07. The van der Waals surface area contributed by atoms with E-state index in [1.54, 1.807) is 6.92 Å². The molecule has 0 radical (unpaired) electrons. The van der Waals surface area contributed by atoms with Crippen molar-refractivity contribution in [3.8, 4) is 0 Å². The van der Waals surface area contributed by atoms with Gasteiger partial charge in [0.15, 0.2) is 0 Å². The summed E-state index contributed by atoms with van der Waals surface area (Å²) in [5.41, 5.74) is 0. The molecule has 1 unspecified atom stereocenters. The lowest BCUT2D eigenvalue weighted by atomic mass is 10.2. The fourth-order valence-electron chi connectivity index (χ4n) is 1.19. The normalized spacial score (nSPS) is 16.4. The first kappa shape index (κ1) is 12.4. The average Bonchev–Trinajstić information content (AvgIpc) is 2.27. The highest BCUT2D eigenvalue weighted by Crippen LogP contribution is 2.05. The zero-order valence-electron chi connectivity index (χ0n) is 9.06. The van der Waals surface area contributed by atoms with Gasteiger partial charge in [-0.15, -0.1) is 0 Å². The number of carbonyl (C=O) groups excluding carboxylic acids is 1. The molecule has 90 valence electrons. The van der Waals surface area contributed by atoms with Crippen LogP contribution < -0.4 is 5.32 Å². The van der Waals surface area contributed by atoms with Crippen molar-refractivity contribution in [3.63, 3.8) is 0 Å². The van der Waals surface area contributed by atoms with E-state index in [0.29, 0.717) is 19.6 Å². The van der Waals surface area contributed by atoms with Crippen LogP contribution in [-0.2, 0) is 19.1 Å². The van der Waals surface area contributed by atoms with Gasteiger partial charge in [0.1, 0.15) is 19.5 Å². The van der Waals surface area contributed by atoms with Crippen LogP contribution in [0.4, 0.5) is 0 Å². The number of carboxylic acids is 1. The van der Waals surface area contributed by atoms with Crippen LogP contribution in [0.3, 0.4) is 0 Å². The van der Waals surface area contributed by atoms with Gasteiger partial charge in [0.05, 0.1) is 0 Å². The Hall–Kier alpha value is -1.72. The van der Waals surface area contributed by atoms with Gasteiger partial charge in [-0.1, -0.05) is 0 Å². The smallest absolute Gasteiger partial charge is 0.303 e. The number of carboxylic acid groups (broad SMARTS) is 1. The summed E-state index contributed by atoms with van der Waals surface area (Å²) in [7, 11) is 0. The Kier molecular flexibility index (Phi) is 4.63. The molecule has 0 fully saturated rings. The van der Waals surface area contributed by atoms with Gasteiger partial charge in [-0.3, -0.25) is 9.59 Å². The summed E-state index contributed by atoms with van der Waals surface area (Å²) < 4.78 is 10.0. The number of carbonyl (C=O) groups is 2. The monoisotopic (exact) mass is 229 g/mol. The molecule has 6 heteroatoms. The Balaban J connectivity index is 2.32. The highest BCUT2D eigenvalue weighted by molar-refractivity contribution is 5.91. The standard InChI is InChI=1S/C10H15NO5/c1-7(2-3-9(12)13)11-10(14)8-6-15-4-5-16-8/h6-7H,2-5H2,1H3,(H,11,14)(H,12,13). The van der Waals surface area contributed by atoms with Crippen LogP contribution >= 0.6 is 0 Å². The summed E-state index contributed by atoms with van der Waals surface area (Å²) in [5, 5.41) is 11.1. The van der Waals surface area contributed by atoms with Crippen molar-refractivity contribution in [1.82, 2.24) is 5.32 Å². The van der Waals surface area contributed by atoms with E-state index in [1.165, 1.54) is 6.26 Å². The molecule has 0 saturated heterocycles. The molecule has 1 amide bonds. The number of amides is 1. The Morgan fingerprint density at radius 2 is 2.31 bits per heavy atom. The molecular weight excluding hydrogens is 214 g/mol. The van der Waals surface area contributed by atoms with Gasteiger partial charge < -0.3 is 19.9 Å². The molecule has 1 heterocycles. The van der Waals surface area contributed by atoms with Crippen LogP contribution in [0.25, 0.3) is 0 Å². The van der Waals surface area contributed by atoms with Crippen LogP contribution in [0.15, 0.2) is 12.0 Å². The Labute approximate surface area is 93.2 Å². The molecule has 0 aromatic carbocycles. The van der Waals surface area contributed by atoms with Crippen LogP contribution in [0, 0.1) is 0 Å². The highest BCUT2D eigenvalue weighted by Gasteiger charge is 2.17. The number of ether oxygens (including phenoxy) is 2. The molecular formula is C10H15NO5. The van der Waals surface area contributed by atoms with Crippen molar-refractivity contribution in [3.05, 3.63) is 12.0 Å². The maximum atomic E-state index is 11.5. The van der Waals surface area contributed by atoms with Crippen molar-refractivity contribution in [2.75, 3.05) is 13.2 Å². The lowest BCUT2D eigenvalue weighted by Crippen LogP contribution is -2.35. The number of aliphatic carboxylic acids is 1. The second kappa shape index (κ2) is 5.99. The molecule has 0 aromatic heterocycles. The van der Waals surface area contributed by atoms with E-state index in [2.05, 4.69) is 5.32 Å². The molecule has 16 heavy (non-hydrogen) atoms. The van der Waals surface area contributed by atoms with Gasteiger partial charge in [0.25, 0.3) is 5.91 Å². The molecule has 1 aliphatic rings. The number of hydrogen-bond acceptors (Lipinski definition) is 4. The van der Waals surface area contributed by atoms with Gasteiger partial charge >= 0.3 is 5.97 Å². The summed E-state index contributed by atoms with van der Waals surface area (Å²) in [6.07, 6.45) is 1.68. The lowest BCUT2D eigenvalue weighted by molar-refractivity contribution is -0.137. The van der Waals surface area contributed by atoms with Gasteiger partial charge in [-0.2, -0.15) is 0 Å². The van der Waals surface area contributed by atoms with Crippen LogP contribution in [0.1, 0.15) is 19.8 Å². The van der Waals surface area contributed by atoms with Gasteiger partial charge in [-0.05, 0) is 13.3 Å². The number of hydrogen-bond donors (Lipinski definition) is 2. The fourth-order valence-corrected chi connectivity index (χ4v) is 1.19. The zero-order chi connectivity index (χ0) is 12.0. The van der Waals surface area contributed by atoms with E-state index >= 15 is 0 Å². The quantitative estimate of drug-likeness (QED) is 0.705. The van der Waals surface area contributed by atoms with E-state index in [-0.39, 0.29) is 24.1 Å². The van der Waals surface area contributed by atoms with E-state index in [1.807, 2.05) is 0 Å². The molecule has 6 nitrogen and oxygen atoms in total. The SMILES string of the molecule is CC(CCC(=O)O)NC(=O)C1=COCCO1. The number of rotatable bonds is 5. The third-order valence-corrected chi connectivity index (χ3v) is 2.04. The second-order valence-electron chi connectivity index (χ2n) is 3.51. The van der Waals surface area contributed by atoms with Crippen molar-refractivity contribution >= 4 is 11.9 Å². The summed E-state index contributed by atoms with van der Waals surface area (Å²) in [6.45, 7) is 2.53. The summed E-state index contributed by atoms with van der Waals surface area (Å²) in [5.74, 6) is -1.12. The first-order valence-electron chi connectivity index (χ1n) is 5.07. The maximum absolute atomic E-state index is 11.5. The van der Waals surface area contributed by atoms with E-state index in [9.17, 15) is 9.59 Å². The molecule has 1 rings (SSSR count). The fraction of sp³-hybridized carbons (Fsp3) is 0.600. The maximum Gasteiger partial charge on any atom is 0.303 e. The van der Waals surface area contributed by atoms with E-state index in [4.69, 9.17) is 14.6 Å². The van der Waals surface area contributed by atoms with E-state index in [0.717, 1.165) is 0 Å². The van der Waals surface area contributed by atoms with Crippen molar-refractivity contribution in [1.29, 1.82) is 0 Å². The largest absolute Gasteiger partial charge is 0.494 e. The predicted molar refractivity (Wildman–Crippen MR) is 54.5 cm³/mol. The van der Waals surface area contributed by atoms with Crippen molar-refractivity contribution in [2.45, 2.75) is 25.8 Å². The third kappa shape index (κ3) is 4.20. The Bertz CT molecular complexity index is 300. The topological polar surface area (TPSA) is 84.9 Å². The molecule has 0 bridgehead atoms. The minimum Gasteiger partial charge on any atom is -0.494 e. The third-order valence-electron chi connectivity index (χ3n) is 2.04. The van der Waals surface area contributed by atoms with Crippen molar-refractivity contribution < 1.29 is 24.2 Å². The van der Waals surface area contributed by atoms with Crippen molar-refractivity contribution in [2.24, 2.45) is 0 Å². The van der Waals surface area contributed by atoms with Crippen LogP contribution in [0.5, 0.6) is 0 Å². The Morgan fingerprint density at radius 1 is 1.56 bits per heavy atom. The lowest BCUT2D eigenvalue weighted by Gasteiger charge is -2.17. The first-order chi connectivity index (χ1) is 7.59. The van der Waals surface area contributed by atoms with Crippen LogP contribution in [0.2, 0.25) is 0 Å². The zero-order valence-corrected chi connectivity index (χ0v) is 9.06. The summed E-state index contributed by atoms with van der Waals surface area (Å²) >= 11 is 0. The molecule has 0 saturated carbocycles. The van der Waals surface area contributed by atoms with Gasteiger partial charge in [0, 0.05) is 12.5 Å². The molecule has 2 N–H and O–H groups in total. The minimum atomic E-state index is -0.877.